The molecule has 0 aliphatic carbocycles. The van der Waals surface area contributed by atoms with Crippen LogP contribution in [0.25, 0.3) is 10.9 Å². The maximum Gasteiger partial charge on any atom is 0.226 e. The van der Waals surface area contributed by atoms with E-state index in [1.165, 1.54) is 6.92 Å². The molecule has 0 spiro atoms. The highest BCUT2D eigenvalue weighted by Gasteiger charge is 2.26. The minimum Gasteiger partial charge on any atom is -0.310 e. The van der Waals surface area contributed by atoms with Gasteiger partial charge in [0.2, 0.25) is 11.8 Å². The van der Waals surface area contributed by atoms with Crippen LogP contribution in [0.1, 0.15) is 31.7 Å². The molecule has 2 aromatic heterocycles. The lowest BCUT2D eigenvalue weighted by atomic mass is 9.91. The van der Waals surface area contributed by atoms with Gasteiger partial charge in [0.15, 0.2) is 5.82 Å². The van der Waals surface area contributed by atoms with Crippen molar-refractivity contribution in [2.24, 2.45) is 0 Å². The molecule has 0 saturated heterocycles. The van der Waals surface area contributed by atoms with Crippen LogP contribution in [0, 0.1) is 0 Å². The zero-order valence-corrected chi connectivity index (χ0v) is 11.2. The molecule has 3 heterocycles. The van der Waals surface area contributed by atoms with Crippen LogP contribution in [0.5, 0.6) is 0 Å². The Morgan fingerprint density at radius 3 is 3.05 bits per heavy atom. The van der Waals surface area contributed by atoms with E-state index < -0.39 is 0 Å². The predicted molar refractivity (Wildman–Crippen MR) is 75.5 cm³/mol. The van der Waals surface area contributed by atoms with Crippen molar-refractivity contribution in [2.75, 3.05) is 10.6 Å². The number of pyridine rings is 2. The molecule has 102 valence electrons. The summed E-state index contributed by atoms with van der Waals surface area (Å²) in [6.45, 7) is 3.40. The summed E-state index contributed by atoms with van der Waals surface area (Å²) in [5.74, 6) is 0.678. The standard InChI is InChI=1S/C14H14N4O2/c1-7-6-10(20)17-13-11(7)9-4-3-5-15-12(9)14(18-13)16-8(2)19/h3-5,7H,6H2,1-2H3,(H2,16,17,18,19,20). The minimum absolute atomic E-state index is 0.0606. The molecule has 0 fully saturated rings. The fraction of sp³-hybridized carbons (Fsp3) is 0.286. The molecule has 3 rings (SSSR count). The Hall–Kier alpha value is -2.50. The van der Waals surface area contributed by atoms with Crippen LogP contribution in [-0.2, 0) is 9.59 Å². The van der Waals surface area contributed by atoms with Gasteiger partial charge < -0.3 is 10.6 Å². The molecular formula is C14H14N4O2. The number of amides is 2. The monoisotopic (exact) mass is 270 g/mol. The highest BCUT2D eigenvalue weighted by molar-refractivity contribution is 6.04. The number of hydrogen-bond acceptors (Lipinski definition) is 4. The van der Waals surface area contributed by atoms with E-state index in [1.807, 2.05) is 19.1 Å². The summed E-state index contributed by atoms with van der Waals surface area (Å²) >= 11 is 0. The van der Waals surface area contributed by atoms with E-state index in [0.717, 1.165) is 10.9 Å². The van der Waals surface area contributed by atoms with E-state index in [-0.39, 0.29) is 17.7 Å². The van der Waals surface area contributed by atoms with E-state index in [0.29, 0.717) is 23.6 Å². The first-order valence-corrected chi connectivity index (χ1v) is 6.42. The Balaban J connectivity index is 2.30. The maximum absolute atomic E-state index is 11.7. The number of aromatic nitrogens is 2. The number of hydrogen-bond donors (Lipinski definition) is 2. The van der Waals surface area contributed by atoms with Crippen LogP contribution in [-0.4, -0.2) is 21.8 Å². The molecule has 6 nitrogen and oxygen atoms in total. The number of nitrogens with zero attached hydrogens (tertiary/aromatic N) is 2. The molecule has 1 atom stereocenters. The molecule has 2 N–H and O–H groups in total. The van der Waals surface area contributed by atoms with Crippen molar-refractivity contribution in [2.45, 2.75) is 26.2 Å². The van der Waals surface area contributed by atoms with Gasteiger partial charge in [0, 0.05) is 30.5 Å². The fourth-order valence-corrected chi connectivity index (χ4v) is 2.58. The average Bonchev–Trinajstić information content (AvgIpc) is 2.37. The van der Waals surface area contributed by atoms with Gasteiger partial charge in [-0.2, -0.15) is 0 Å². The van der Waals surface area contributed by atoms with Gasteiger partial charge in [-0.25, -0.2) is 4.98 Å². The molecule has 1 unspecified atom stereocenters. The molecule has 0 radical (unpaired) electrons. The van der Waals surface area contributed by atoms with Gasteiger partial charge in [-0.3, -0.25) is 14.6 Å². The van der Waals surface area contributed by atoms with Gasteiger partial charge in [0.05, 0.1) is 0 Å². The quantitative estimate of drug-likeness (QED) is 0.830. The molecule has 0 bridgehead atoms. The van der Waals surface area contributed by atoms with Gasteiger partial charge in [-0.15, -0.1) is 0 Å². The van der Waals surface area contributed by atoms with E-state index in [9.17, 15) is 9.59 Å². The molecule has 1 aliphatic heterocycles. The second-order valence-corrected chi connectivity index (χ2v) is 4.96. The lowest BCUT2D eigenvalue weighted by Gasteiger charge is -2.24. The third kappa shape index (κ3) is 1.99. The first-order chi connectivity index (χ1) is 9.56. The van der Waals surface area contributed by atoms with Gasteiger partial charge in [0.25, 0.3) is 0 Å². The van der Waals surface area contributed by atoms with Crippen LogP contribution in [0.15, 0.2) is 18.3 Å². The number of carbonyl (C=O) groups excluding carboxylic acids is 2. The Labute approximate surface area is 115 Å². The summed E-state index contributed by atoms with van der Waals surface area (Å²) in [4.78, 5) is 31.6. The van der Waals surface area contributed by atoms with Crippen molar-refractivity contribution in [1.29, 1.82) is 0 Å². The van der Waals surface area contributed by atoms with E-state index in [4.69, 9.17) is 0 Å². The highest BCUT2D eigenvalue weighted by atomic mass is 16.2. The number of anilines is 2. The molecule has 20 heavy (non-hydrogen) atoms. The third-order valence-electron chi connectivity index (χ3n) is 3.34. The van der Waals surface area contributed by atoms with Crippen molar-refractivity contribution in [3.8, 4) is 0 Å². The Morgan fingerprint density at radius 1 is 1.50 bits per heavy atom. The molecule has 6 heteroatoms. The average molecular weight is 270 g/mol. The summed E-state index contributed by atoms with van der Waals surface area (Å²) < 4.78 is 0. The lowest BCUT2D eigenvalue weighted by Crippen LogP contribution is -2.24. The summed E-state index contributed by atoms with van der Waals surface area (Å²) in [7, 11) is 0. The van der Waals surface area contributed by atoms with E-state index in [1.54, 1.807) is 6.20 Å². The van der Waals surface area contributed by atoms with Crippen molar-refractivity contribution < 1.29 is 9.59 Å². The second kappa shape index (κ2) is 4.56. The van der Waals surface area contributed by atoms with Crippen LogP contribution in [0.3, 0.4) is 0 Å². The van der Waals surface area contributed by atoms with Gasteiger partial charge in [0.1, 0.15) is 11.3 Å². The van der Waals surface area contributed by atoms with Crippen molar-refractivity contribution >= 4 is 34.4 Å². The zero-order valence-electron chi connectivity index (χ0n) is 11.2. The first kappa shape index (κ1) is 12.5. The predicted octanol–water partition coefficient (Wildman–Crippen LogP) is 2.03. The van der Waals surface area contributed by atoms with Crippen LogP contribution >= 0.6 is 0 Å². The van der Waals surface area contributed by atoms with E-state index in [2.05, 4.69) is 20.6 Å². The first-order valence-electron chi connectivity index (χ1n) is 6.42. The van der Waals surface area contributed by atoms with Crippen LogP contribution < -0.4 is 10.6 Å². The zero-order chi connectivity index (χ0) is 14.3. The van der Waals surface area contributed by atoms with Crippen molar-refractivity contribution in [3.05, 3.63) is 23.9 Å². The summed E-state index contributed by atoms with van der Waals surface area (Å²) in [6, 6.07) is 3.77. The molecule has 0 saturated carbocycles. The molecule has 2 aromatic rings. The Morgan fingerprint density at radius 2 is 2.30 bits per heavy atom. The fourth-order valence-electron chi connectivity index (χ4n) is 2.58. The van der Waals surface area contributed by atoms with Crippen LogP contribution in [0.4, 0.5) is 11.6 Å². The molecule has 1 aliphatic rings. The topological polar surface area (TPSA) is 84.0 Å². The van der Waals surface area contributed by atoms with Gasteiger partial charge in [-0.05, 0) is 12.0 Å². The SMILES string of the molecule is CC(=O)Nc1nc2c(c3cccnc13)C(C)CC(=O)N2. The number of nitrogens with one attached hydrogen (secondary N) is 2. The normalized spacial score (nSPS) is 17.5. The Kier molecular flexibility index (Phi) is 2.85. The molecule has 0 aromatic carbocycles. The van der Waals surface area contributed by atoms with E-state index >= 15 is 0 Å². The van der Waals surface area contributed by atoms with Crippen molar-refractivity contribution in [3.63, 3.8) is 0 Å². The smallest absolute Gasteiger partial charge is 0.226 e. The van der Waals surface area contributed by atoms with Crippen LogP contribution in [0.2, 0.25) is 0 Å². The summed E-state index contributed by atoms with van der Waals surface area (Å²) in [5.41, 5.74) is 1.62. The van der Waals surface area contributed by atoms with Crippen molar-refractivity contribution in [1.82, 2.24) is 9.97 Å². The maximum atomic E-state index is 11.7. The Bertz CT molecular complexity index is 726. The molecule has 2 amide bonds. The second-order valence-electron chi connectivity index (χ2n) is 4.96. The third-order valence-corrected chi connectivity index (χ3v) is 3.34. The number of carbonyl (C=O) groups is 2. The summed E-state index contributed by atoms with van der Waals surface area (Å²) in [5, 5.41) is 6.34. The highest BCUT2D eigenvalue weighted by Crippen LogP contribution is 2.37. The minimum atomic E-state index is -0.223. The molecular weight excluding hydrogens is 256 g/mol. The van der Waals surface area contributed by atoms with Gasteiger partial charge >= 0.3 is 0 Å². The summed E-state index contributed by atoms with van der Waals surface area (Å²) in [6.07, 6.45) is 2.09. The largest absolute Gasteiger partial charge is 0.310 e. The van der Waals surface area contributed by atoms with Gasteiger partial charge in [-0.1, -0.05) is 13.0 Å². The number of rotatable bonds is 1. The number of fused-ring (bicyclic) bond motifs is 3. The lowest BCUT2D eigenvalue weighted by molar-refractivity contribution is -0.117.